The van der Waals surface area contributed by atoms with Crippen molar-refractivity contribution in [2.45, 2.75) is 24.0 Å². The van der Waals surface area contributed by atoms with E-state index in [1.54, 1.807) is 15.4 Å². The van der Waals surface area contributed by atoms with E-state index in [1.165, 1.54) is 30.5 Å². The lowest BCUT2D eigenvalue weighted by Gasteiger charge is -2.18. The number of rotatable bonds is 5. The van der Waals surface area contributed by atoms with Crippen molar-refractivity contribution in [2.75, 3.05) is 0 Å². The van der Waals surface area contributed by atoms with E-state index in [2.05, 4.69) is 11.1 Å². The first-order valence-corrected chi connectivity index (χ1v) is 11.1. The van der Waals surface area contributed by atoms with Crippen LogP contribution in [-0.4, -0.2) is 30.2 Å². The van der Waals surface area contributed by atoms with Gasteiger partial charge >= 0.3 is 6.18 Å². The Labute approximate surface area is 186 Å². The van der Waals surface area contributed by atoms with Gasteiger partial charge in [0.2, 0.25) is 10.0 Å². The summed E-state index contributed by atoms with van der Waals surface area (Å²) in [6.45, 7) is 0.725. The minimum atomic E-state index is -4.71. The van der Waals surface area contributed by atoms with Gasteiger partial charge in [0.25, 0.3) is 0 Å². The highest BCUT2D eigenvalue weighted by atomic mass is 35.5. The number of alkyl halides is 3. The summed E-state index contributed by atoms with van der Waals surface area (Å²) in [7, 11) is -4.40. The van der Waals surface area contributed by atoms with Gasteiger partial charge < -0.3 is 4.57 Å². The molecule has 3 aromatic rings. The normalized spacial score (nSPS) is 14.7. The van der Waals surface area contributed by atoms with Crippen molar-refractivity contribution in [1.29, 1.82) is 5.26 Å². The predicted octanol–water partition coefficient (Wildman–Crippen LogP) is 4.87. The predicted molar refractivity (Wildman–Crippen MR) is 114 cm³/mol. The molecule has 2 aromatic heterocycles. The Morgan fingerprint density at radius 2 is 1.91 bits per heavy atom. The molecule has 0 radical (unpaired) electrons. The highest BCUT2D eigenvalue weighted by molar-refractivity contribution is 7.89. The Balaban J connectivity index is 1.82. The molecule has 1 aliphatic carbocycles. The number of aromatic nitrogens is 2. The zero-order chi connectivity index (χ0) is 23.3. The fraction of sp³-hybridized carbons (Fsp3) is 0.143. The van der Waals surface area contributed by atoms with Gasteiger partial charge in [0.15, 0.2) is 0 Å². The molecule has 0 aliphatic heterocycles. The van der Waals surface area contributed by atoms with Crippen LogP contribution in [-0.2, 0) is 10.0 Å². The lowest BCUT2D eigenvalue weighted by Crippen LogP contribution is -2.42. The van der Waals surface area contributed by atoms with Crippen LogP contribution in [0.3, 0.4) is 0 Å². The fourth-order valence-corrected chi connectivity index (χ4v) is 4.69. The van der Waals surface area contributed by atoms with Gasteiger partial charge in [0, 0.05) is 11.1 Å². The van der Waals surface area contributed by atoms with Gasteiger partial charge in [-0.2, -0.15) is 23.2 Å². The molecule has 6 nitrogen and oxygen atoms in total. The number of nitrogens with zero attached hydrogens (tertiary/aromatic N) is 3. The molecule has 0 fully saturated rings. The van der Waals surface area contributed by atoms with Gasteiger partial charge in [-0.1, -0.05) is 29.8 Å². The monoisotopic (exact) mass is 478 g/mol. The summed E-state index contributed by atoms with van der Waals surface area (Å²) in [5.74, 6) is 0. The minimum Gasteiger partial charge on any atom is -0.306 e. The fourth-order valence-electron chi connectivity index (χ4n) is 3.31. The summed E-state index contributed by atoms with van der Waals surface area (Å²) in [5, 5.41) is 10.6. The largest absolute Gasteiger partial charge is 0.404 e. The Kier molecular flexibility index (Phi) is 5.36. The topological polar surface area (TPSA) is 87.8 Å². The molecule has 0 bridgehead atoms. The van der Waals surface area contributed by atoms with E-state index < -0.39 is 22.2 Å². The van der Waals surface area contributed by atoms with Gasteiger partial charge in [-0.3, -0.25) is 0 Å². The average molecular weight is 479 g/mol. The molecule has 1 N–H and O–H groups in total. The summed E-state index contributed by atoms with van der Waals surface area (Å²) in [6.07, 6.45) is 2.31. The molecule has 0 saturated carbocycles. The average Bonchev–Trinajstić information content (AvgIpc) is 2.99. The lowest BCUT2D eigenvalue weighted by atomic mass is 10.1. The number of hydrogen-bond acceptors (Lipinski definition) is 4. The van der Waals surface area contributed by atoms with Crippen molar-refractivity contribution in [1.82, 2.24) is 14.3 Å². The van der Waals surface area contributed by atoms with Crippen LogP contribution in [0.1, 0.15) is 12.5 Å². The van der Waals surface area contributed by atoms with Crippen molar-refractivity contribution in [3.63, 3.8) is 0 Å². The van der Waals surface area contributed by atoms with Crippen LogP contribution in [0.15, 0.2) is 59.7 Å². The first-order valence-electron chi connectivity index (χ1n) is 9.21. The number of sulfonamides is 1. The molecule has 0 spiro atoms. The number of nitrogens with one attached hydrogen (secondary N) is 1. The van der Waals surface area contributed by atoms with Crippen LogP contribution in [0.4, 0.5) is 13.2 Å². The van der Waals surface area contributed by atoms with E-state index in [1.807, 2.05) is 18.2 Å². The maximum absolute atomic E-state index is 12.8. The molecule has 32 heavy (non-hydrogen) atoms. The second kappa shape index (κ2) is 7.78. The lowest BCUT2D eigenvalue weighted by molar-refractivity contribution is -0.147. The third-order valence-corrected chi connectivity index (χ3v) is 6.75. The van der Waals surface area contributed by atoms with Crippen molar-refractivity contribution in [3.8, 4) is 17.3 Å². The van der Waals surface area contributed by atoms with Crippen molar-refractivity contribution in [3.05, 3.63) is 65.5 Å². The molecule has 0 amide bonds. The number of benzene rings is 1. The summed E-state index contributed by atoms with van der Waals surface area (Å²) >= 11 is 6.02. The van der Waals surface area contributed by atoms with Crippen molar-refractivity contribution in [2.24, 2.45) is 0 Å². The molecule has 2 heterocycles. The van der Waals surface area contributed by atoms with Crippen molar-refractivity contribution < 1.29 is 21.6 Å². The molecule has 1 aromatic carbocycles. The number of allylic oxidation sites excluding steroid dienone is 4. The first-order chi connectivity index (χ1) is 15.0. The number of halogens is 4. The van der Waals surface area contributed by atoms with Gasteiger partial charge in [0.1, 0.15) is 17.3 Å². The molecule has 1 atom stereocenters. The molecule has 4 rings (SSSR count). The molecule has 1 aliphatic rings. The van der Waals surface area contributed by atoms with Crippen LogP contribution in [0.25, 0.3) is 27.9 Å². The summed E-state index contributed by atoms with van der Waals surface area (Å²) < 4.78 is 66.4. The molecular formula is C21H14ClF3N4O2S. The van der Waals surface area contributed by atoms with Crippen LogP contribution >= 0.6 is 11.6 Å². The van der Waals surface area contributed by atoms with Crippen molar-refractivity contribution >= 4 is 38.2 Å². The zero-order valence-corrected chi connectivity index (χ0v) is 17.9. The SMILES string of the molecule is CC(NS(=O)(=O)c1ccc(-c2c(C#N)c3cc(Cl)ncc3n2C2=CC=C2)cc1)C(F)(F)F. The Morgan fingerprint density at radius 3 is 2.44 bits per heavy atom. The summed E-state index contributed by atoms with van der Waals surface area (Å²) in [4.78, 5) is 3.76. The standard InChI is InChI=1S/C21H14ClF3N4O2S/c1-12(21(23,24)25)28-32(30,31)15-7-5-13(6-8-15)20-17(10-26)16-9-19(22)27-11-18(16)29(20)14-3-2-4-14/h2-9,11-12,28H,1H3. The van der Waals surface area contributed by atoms with Gasteiger partial charge in [0.05, 0.1) is 27.9 Å². The maximum Gasteiger partial charge on any atom is 0.404 e. The molecule has 164 valence electrons. The number of pyridine rings is 1. The summed E-state index contributed by atoms with van der Waals surface area (Å²) in [5.41, 5.74) is 2.72. The van der Waals surface area contributed by atoms with Crippen LogP contribution in [0, 0.1) is 11.3 Å². The Bertz CT molecular complexity index is 1430. The number of fused-ring (bicyclic) bond motifs is 1. The molecule has 1 unspecified atom stereocenters. The molecule has 0 saturated heterocycles. The Morgan fingerprint density at radius 1 is 1.25 bits per heavy atom. The smallest absolute Gasteiger partial charge is 0.306 e. The third-order valence-electron chi connectivity index (χ3n) is 4.99. The van der Waals surface area contributed by atoms with E-state index in [0.717, 1.165) is 12.6 Å². The van der Waals surface area contributed by atoms with Crippen LogP contribution in [0.2, 0.25) is 5.15 Å². The maximum atomic E-state index is 12.8. The highest BCUT2D eigenvalue weighted by Crippen LogP contribution is 2.38. The van der Waals surface area contributed by atoms with E-state index >= 15 is 0 Å². The quantitative estimate of drug-likeness (QED) is 0.530. The van der Waals surface area contributed by atoms with Gasteiger partial charge in [-0.15, -0.1) is 0 Å². The third kappa shape index (κ3) is 3.79. The number of hydrogen-bond donors (Lipinski definition) is 1. The highest BCUT2D eigenvalue weighted by Gasteiger charge is 2.38. The second-order valence-corrected chi connectivity index (χ2v) is 9.16. The first kappa shape index (κ1) is 22.1. The van der Waals surface area contributed by atoms with E-state index in [0.29, 0.717) is 27.7 Å². The summed E-state index contributed by atoms with van der Waals surface area (Å²) in [6, 6.07) is 6.76. The van der Waals surface area contributed by atoms with Crippen LogP contribution in [0.5, 0.6) is 0 Å². The Hall–Kier alpha value is -3.13. The van der Waals surface area contributed by atoms with E-state index in [-0.39, 0.29) is 10.0 Å². The number of nitriles is 1. The minimum absolute atomic E-state index is 0.210. The van der Waals surface area contributed by atoms with Gasteiger partial charge in [-0.25, -0.2) is 13.4 Å². The zero-order valence-electron chi connectivity index (χ0n) is 16.4. The molecule has 11 heteroatoms. The van der Waals surface area contributed by atoms with Crippen LogP contribution < -0.4 is 4.72 Å². The molecular weight excluding hydrogens is 465 g/mol. The van der Waals surface area contributed by atoms with E-state index in [4.69, 9.17) is 11.6 Å². The second-order valence-electron chi connectivity index (χ2n) is 7.05. The van der Waals surface area contributed by atoms with Gasteiger partial charge in [-0.05, 0) is 42.8 Å². The van der Waals surface area contributed by atoms with E-state index in [9.17, 15) is 26.9 Å².